The Bertz CT molecular complexity index is 692. The van der Waals surface area contributed by atoms with E-state index in [-0.39, 0.29) is 17.7 Å². The molecule has 5 heteroatoms. The number of thiophene rings is 1. The summed E-state index contributed by atoms with van der Waals surface area (Å²) in [6, 6.07) is 14.0. The molecule has 4 nitrogen and oxygen atoms in total. The van der Waals surface area contributed by atoms with Gasteiger partial charge in [-0.1, -0.05) is 36.4 Å². The van der Waals surface area contributed by atoms with Crippen LogP contribution in [0, 0.1) is 5.92 Å². The summed E-state index contributed by atoms with van der Waals surface area (Å²) < 4.78 is 0. The lowest BCUT2D eigenvalue weighted by molar-refractivity contribution is -0.140. The zero-order valence-corrected chi connectivity index (χ0v) is 15.4. The summed E-state index contributed by atoms with van der Waals surface area (Å²) in [7, 11) is 1.86. The molecule has 2 amide bonds. The average Bonchev–Trinajstić information content (AvgIpc) is 3.15. The fourth-order valence-corrected chi connectivity index (χ4v) is 3.99. The Morgan fingerprint density at radius 3 is 2.48 bits per heavy atom. The van der Waals surface area contributed by atoms with Gasteiger partial charge in [0.1, 0.15) is 0 Å². The lowest BCUT2D eigenvalue weighted by Gasteiger charge is -2.33. The van der Waals surface area contributed by atoms with Gasteiger partial charge in [0.25, 0.3) is 0 Å². The molecule has 2 heterocycles. The first-order valence-electron chi connectivity index (χ1n) is 8.72. The second-order valence-corrected chi connectivity index (χ2v) is 7.62. The average molecular weight is 356 g/mol. The number of hydrogen-bond donors (Lipinski definition) is 0. The van der Waals surface area contributed by atoms with Crippen molar-refractivity contribution < 1.29 is 9.59 Å². The van der Waals surface area contributed by atoms with E-state index < -0.39 is 0 Å². The second kappa shape index (κ2) is 8.30. The molecule has 1 aromatic carbocycles. The third-order valence-electron chi connectivity index (χ3n) is 4.74. The quantitative estimate of drug-likeness (QED) is 0.825. The molecule has 1 fully saturated rings. The molecule has 2 aromatic rings. The van der Waals surface area contributed by atoms with E-state index in [0.717, 1.165) is 23.3 Å². The number of hydrogen-bond acceptors (Lipinski definition) is 3. The van der Waals surface area contributed by atoms with Crippen molar-refractivity contribution in [3.05, 3.63) is 58.3 Å². The Morgan fingerprint density at radius 2 is 1.84 bits per heavy atom. The highest BCUT2D eigenvalue weighted by Gasteiger charge is 2.29. The van der Waals surface area contributed by atoms with Crippen molar-refractivity contribution in [3.8, 4) is 0 Å². The lowest BCUT2D eigenvalue weighted by atomic mass is 9.95. The minimum Gasteiger partial charge on any atom is -0.342 e. The van der Waals surface area contributed by atoms with Crippen molar-refractivity contribution in [1.82, 2.24) is 9.80 Å². The lowest BCUT2D eigenvalue weighted by Crippen LogP contribution is -2.43. The van der Waals surface area contributed by atoms with Gasteiger partial charge >= 0.3 is 0 Å². The molecule has 1 aliphatic rings. The molecule has 3 rings (SSSR count). The van der Waals surface area contributed by atoms with Crippen LogP contribution < -0.4 is 0 Å². The highest BCUT2D eigenvalue weighted by molar-refractivity contribution is 7.10. The number of benzene rings is 1. The van der Waals surface area contributed by atoms with Crippen molar-refractivity contribution in [2.75, 3.05) is 20.1 Å². The second-order valence-electron chi connectivity index (χ2n) is 6.59. The molecule has 0 radical (unpaired) electrons. The molecular formula is C20H24N2O2S. The Hall–Kier alpha value is -2.14. The first-order chi connectivity index (χ1) is 12.1. The maximum Gasteiger partial charge on any atom is 0.227 e. The summed E-state index contributed by atoms with van der Waals surface area (Å²) in [5.41, 5.74) is 1.14. The molecule has 1 aromatic heterocycles. The van der Waals surface area contributed by atoms with Gasteiger partial charge in [0.2, 0.25) is 11.8 Å². The van der Waals surface area contributed by atoms with E-state index >= 15 is 0 Å². The topological polar surface area (TPSA) is 40.6 Å². The van der Waals surface area contributed by atoms with Crippen LogP contribution in [0.25, 0.3) is 0 Å². The molecule has 1 saturated heterocycles. The minimum atomic E-state index is 0.0273. The van der Waals surface area contributed by atoms with Crippen LogP contribution in [0.3, 0.4) is 0 Å². The van der Waals surface area contributed by atoms with Crippen LogP contribution in [0.5, 0.6) is 0 Å². The molecule has 0 N–H and O–H groups in total. The number of carbonyl (C=O) groups excluding carboxylic acids is 2. The third-order valence-corrected chi connectivity index (χ3v) is 5.62. The Balaban J connectivity index is 1.48. The van der Waals surface area contributed by atoms with Crippen LogP contribution in [0.15, 0.2) is 47.8 Å². The smallest absolute Gasteiger partial charge is 0.227 e. The number of piperidine rings is 1. The number of rotatable bonds is 5. The van der Waals surface area contributed by atoms with Gasteiger partial charge in [0.05, 0.1) is 6.42 Å². The van der Waals surface area contributed by atoms with E-state index in [1.165, 1.54) is 0 Å². The summed E-state index contributed by atoms with van der Waals surface area (Å²) in [6.07, 6.45) is 1.99. The van der Waals surface area contributed by atoms with Gasteiger partial charge in [0, 0.05) is 37.5 Å². The summed E-state index contributed by atoms with van der Waals surface area (Å²) in [5, 5.41) is 2.00. The number of carbonyl (C=O) groups is 2. The molecule has 0 saturated carbocycles. The van der Waals surface area contributed by atoms with Crippen LogP contribution in [0.4, 0.5) is 0 Å². The maximum atomic E-state index is 12.7. The van der Waals surface area contributed by atoms with E-state index in [0.29, 0.717) is 26.1 Å². The summed E-state index contributed by atoms with van der Waals surface area (Å²) in [6.45, 7) is 2.00. The Labute approximate surface area is 153 Å². The fraction of sp³-hybridized carbons (Fsp3) is 0.400. The number of amides is 2. The van der Waals surface area contributed by atoms with E-state index in [1.54, 1.807) is 11.3 Å². The monoisotopic (exact) mass is 356 g/mol. The summed E-state index contributed by atoms with van der Waals surface area (Å²) in [5.74, 6) is 0.389. The first kappa shape index (κ1) is 17.7. The molecule has 0 atom stereocenters. The summed E-state index contributed by atoms with van der Waals surface area (Å²) >= 11 is 1.62. The number of likely N-dealkylation sites (tertiary alicyclic amines) is 1. The van der Waals surface area contributed by atoms with Crippen molar-refractivity contribution in [2.24, 2.45) is 5.92 Å². The Morgan fingerprint density at radius 1 is 1.12 bits per heavy atom. The Kier molecular flexibility index (Phi) is 5.87. The SMILES string of the molecule is CN(Cc1ccccc1)C(=O)C1CCN(C(=O)Cc2cccs2)CC1. The van der Waals surface area contributed by atoms with Gasteiger partial charge in [-0.15, -0.1) is 11.3 Å². The van der Waals surface area contributed by atoms with E-state index in [1.807, 2.05) is 64.7 Å². The molecule has 1 aliphatic heterocycles. The van der Waals surface area contributed by atoms with Gasteiger partial charge in [-0.05, 0) is 29.9 Å². The maximum absolute atomic E-state index is 12.7. The van der Waals surface area contributed by atoms with Crippen molar-refractivity contribution >= 4 is 23.2 Å². The zero-order valence-electron chi connectivity index (χ0n) is 14.6. The predicted molar refractivity (Wildman–Crippen MR) is 100 cm³/mol. The summed E-state index contributed by atoms with van der Waals surface area (Å²) in [4.78, 5) is 29.8. The van der Waals surface area contributed by atoms with Crippen molar-refractivity contribution in [2.45, 2.75) is 25.8 Å². The van der Waals surface area contributed by atoms with E-state index in [4.69, 9.17) is 0 Å². The largest absolute Gasteiger partial charge is 0.342 e. The molecule has 0 spiro atoms. The molecule has 25 heavy (non-hydrogen) atoms. The molecule has 0 unspecified atom stereocenters. The van der Waals surface area contributed by atoms with Gasteiger partial charge in [-0.25, -0.2) is 0 Å². The zero-order chi connectivity index (χ0) is 17.6. The molecular weight excluding hydrogens is 332 g/mol. The van der Waals surface area contributed by atoms with Crippen molar-refractivity contribution in [3.63, 3.8) is 0 Å². The van der Waals surface area contributed by atoms with E-state index in [2.05, 4.69) is 0 Å². The van der Waals surface area contributed by atoms with Gasteiger partial charge in [-0.2, -0.15) is 0 Å². The van der Waals surface area contributed by atoms with Crippen LogP contribution in [0.1, 0.15) is 23.3 Å². The fourth-order valence-electron chi connectivity index (χ4n) is 3.30. The minimum absolute atomic E-state index is 0.0273. The molecule has 132 valence electrons. The van der Waals surface area contributed by atoms with Gasteiger partial charge < -0.3 is 9.80 Å². The standard InChI is InChI=1S/C20H24N2O2S/c1-21(15-16-6-3-2-4-7-16)20(24)17-9-11-22(12-10-17)19(23)14-18-8-5-13-25-18/h2-8,13,17H,9-12,14-15H2,1H3. The normalized spacial score (nSPS) is 15.2. The van der Waals surface area contributed by atoms with Crippen LogP contribution in [-0.4, -0.2) is 41.8 Å². The van der Waals surface area contributed by atoms with Gasteiger partial charge in [-0.3, -0.25) is 9.59 Å². The van der Waals surface area contributed by atoms with E-state index in [9.17, 15) is 9.59 Å². The highest BCUT2D eigenvalue weighted by Crippen LogP contribution is 2.21. The predicted octanol–water partition coefficient (Wildman–Crippen LogP) is 3.19. The molecule has 0 bridgehead atoms. The van der Waals surface area contributed by atoms with Gasteiger partial charge in [0.15, 0.2) is 0 Å². The highest BCUT2D eigenvalue weighted by atomic mass is 32.1. The molecule has 0 aliphatic carbocycles. The van der Waals surface area contributed by atoms with Crippen LogP contribution in [0.2, 0.25) is 0 Å². The number of nitrogens with zero attached hydrogens (tertiary/aromatic N) is 2. The van der Waals surface area contributed by atoms with Crippen LogP contribution in [-0.2, 0) is 22.6 Å². The van der Waals surface area contributed by atoms with Crippen molar-refractivity contribution in [1.29, 1.82) is 0 Å². The van der Waals surface area contributed by atoms with Crippen LogP contribution >= 0.6 is 11.3 Å². The third kappa shape index (κ3) is 4.69. The first-order valence-corrected chi connectivity index (χ1v) is 9.60.